The zero-order valence-electron chi connectivity index (χ0n) is 16.3. The normalized spacial score (nSPS) is 20.9. The molecular weight excluding hydrogens is 352 g/mol. The molecule has 6 heteroatoms. The van der Waals surface area contributed by atoms with Crippen molar-refractivity contribution in [3.05, 3.63) is 53.3 Å². The Labute approximate surface area is 166 Å². The highest BCUT2D eigenvalue weighted by Gasteiger charge is 2.22. The van der Waals surface area contributed by atoms with Gasteiger partial charge in [-0.1, -0.05) is 12.1 Å². The van der Waals surface area contributed by atoms with Crippen LogP contribution in [0.3, 0.4) is 0 Å². The Morgan fingerprint density at radius 3 is 2.39 bits per heavy atom. The summed E-state index contributed by atoms with van der Waals surface area (Å²) in [6.45, 7) is 5.06. The van der Waals surface area contributed by atoms with Crippen molar-refractivity contribution in [2.24, 2.45) is 0 Å². The number of piperidine rings is 2. The van der Waals surface area contributed by atoms with Gasteiger partial charge in [0.2, 0.25) is 5.95 Å². The minimum Gasteiger partial charge on any atom is -0.478 e. The summed E-state index contributed by atoms with van der Waals surface area (Å²) < 4.78 is 0. The summed E-state index contributed by atoms with van der Waals surface area (Å²) in [5.74, 6) is 0.438. The van der Waals surface area contributed by atoms with Gasteiger partial charge in [0, 0.05) is 44.1 Å². The number of hydrogen-bond donors (Lipinski definition) is 1. The van der Waals surface area contributed by atoms with E-state index in [1.165, 1.54) is 24.8 Å². The second kappa shape index (κ2) is 8.69. The largest absolute Gasteiger partial charge is 0.478 e. The summed E-state index contributed by atoms with van der Waals surface area (Å²) in [7, 11) is 0. The lowest BCUT2D eigenvalue weighted by atomic mass is 9.90. The molecule has 0 saturated carbocycles. The lowest BCUT2D eigenvalue weighted by Crippen LogP contribution is -2.34. The second-order valence-corrected chi connectivity index (χ2v) is 7.94. The number of benzene rings is 1. The van der Waals surface area contributed by atoms with Crippen LogP contribution in [0.4, 0.5) is 5.95 Å². The van der Waals surface area contributed by atoms with Crippen LogP contribution in [-0.4, -0.2) is 52.1 Å². The molecule has 28 heavy (non-hydrogen) atoms. The van der Waals surface area contributed by atoms with E-state index in [0.717, 1.165) is 57.1 Å². The molecule has 2 aliphatic heterocycles. The van der Waals surface area contributed by atoms with Gasteiger partial charge in [-0.3, -0.25) is 4.90 Å². The molecule has 0 amide bonds. The molecule has 1 aromatic heterocycles. The molecular formula is C22H28N4O2. The molecule has 1 atom stereocenters. The van der Waals surface area contributed by atoms with E-state index in [2.05, 4.69) is 19.8 Å². The van der Waals surface area contributed by atoms with Crippen LogP contribution in [0.15, 0.2) is 36.7 Å². The zero-order chi connectivity index (χ0) is 19.3. The van der Waals surface area contributed by atoms with Gasteiger partial charge >= 0.3 is 5.97 Å². The van der Waals surface area contributed by atoms with Crippen molar-refractivity contribution in [3.8, 4) is 0 Å². The highest BCUT2D eigenvalue weighted by molar-refractivity contribution is 5.87. The van der Waals surface area contributed by atoms with E-state index >= 15 is 0 Å². The summed E-state index contributed by atoms with van der Waals surface area (Å²) in [6.07, 6.45) is 10.0. The molecule has 148 valence electrons. The summed E-state index contributed by atoms with van der Waals surface area (Å²) in [6, 6.07) is 7.36. The summed E-state index contributed by atoms with van der Waals surface area (Å²) in [5, 5.41) is 9.07. The fourth-order valence-corrected chi connectivity index (χ4v) is 4.31. The minimum absolute atomic E-state index is 0.349. The maximum atomic E-state index is 11.0. The van der Waals surface area contributed by atoms with Crippen LogP contribution in [0.2, 0.25) is 0 Å². The molecule has 2 saturated heterocycles. The molecule has 4 rings (SSSR count). The lowest BCUT2D eigenvalue weighted by Gasteiger charge is -2.33. The molecule has 1 aromatic carbocycles. The van der Waals surface area contributed by atoms with Crippen molar-refractivity contribution in [2.75, 3.05) is 31.1 Å². The first-order valence-electron chi connectivity index (χ1n) is 10.3. The number of anilines is 1. The van der Waals surface area contributed by atoms with E-state index < -0.39 is 5.97 Å². The standard InChI is InChI=1S/C22H28N4O2/c27-21(28)19-8-6-18(7-9-19)20-5-4-10-25(16-20)15-17-13-23-22(24-14-17)26-11-2-1-3-12-26/h6-9,13-14,20H,1-5,10-12,15-16H2,(H,27,28)/t20-/m1/s1. The Morgan fingerprint density at radius 2 is 1.71 bits per heavy atom. The van der Waals surface area contributed by atoms with Crippen LogP contribution in [0, 0.1) is 0 Å². The first kappa shape index (κ1) is 18.9. The Morgan fingerprint density at radius 1 is 1.00 bits per heavy atom. The van der Waals surface area contributed by atoms with E-state index in [0.29, 0.717) is 11.5 Å². The predicted molar refractivity (Wildman–Crippen MR) is 109 cm³/mol. The van der Waals surface area contributed by atoms with E-state index in [1.54, 1.807) is 12.1 Å². The lowest BCUT2D eigenvalue weighted by molar-refractivity contribution is 0.0697. The average molecular weight is 380 g/mol. The Balaban J connectivity index is 1.36. The quantitative estimate of drug-likeness (QED) is 0.856. The van der Waals surface area contributed by atoms with Crippen LogP contribution in [0.5, 0.6) is 0 Å². The minimum atomic E-state index is -0.871. The molecule has 3 heterocycles. The highest BCUT2D eigenvalue weighted by Crippen LogP contribution is 2.28. The summed E-state index contributed by atoms with van der Waals surface area (Å²) >= 11 is 0. The SMILES string of the molecule is O=C(O)c1ccc([C@@H]2CCCN(Cc3cnc(N4CCCCC4)nc3)C2)cc1. The fraction of sp³-hybridized carbons (Fsp3) is 0.500. The van der Waals surface area contributed by atoms with E-state index in [1.807, 2.05) is 24.5 Å². The molecule has 1 N–H and O–H groups in total. The van der Waals surface area contributed by atoms with E-state index in [-0.39, 0.29) is 0 Å². The number of aromatic nitrogens is 2. The van der Waals surface area contributed by atoms with Crippen molar-refractivity contribution in [1.29, 1.82) is 0 Å². The third-order valence-corrected chi connectivity index (χ3v) is 5.87. The molecule has 0 aliphatic carbocycles. The van der Waals surface area contributed by atoms with Crippen LogP contribution in [-0.2, 0) is 6.54 Å². The third kappa shape index (κ3) is 4.50. The fourth-order valence-electron chi connectivity index (χ4n) is 4.31. The predicted octanol–water partition coefficient (Wildman–Crippen LogP) is 3.54. The molecule has 6 nitrogen and oxygen atoms in total. The van der Waals surface area contributed by atoms with Crippen molar-refractivity contribution in [2.45, 2.75) is 44.6 Å². The summed E-state index contributed by atoms with van der Waals surface area (Å²) in [4.78, 5) is 25.0. The molecule has 2 fully saturated rings. The maximum absolute atomic E-state index is 11.0. The van der Waals surface area contributed by atoms with Gasteiger partial charge in [-0.15, -0.1) is 0 Å². The number of aromatic carboxylic acids is 1. The van der Waals surface area contributed by atoms with E-state index in [4.69, 9.17) is 5.11 Å². The van der Waals surface area contributed by atoms with Gasteiger partial charge in [-0.2, -0.15) is 0 Å². The van der Waals surface area contributed by atoms with Gasteiger partial charge in [0.15, 0.2) is 0 Å². The Bertz CT molecular complexity index is 785. The van der Waals surface area contributed by atoms with Gasteiger partial charge in [0.25, 0.3) is 0 Å². The molecule has 2 aliphatic rings. The van der Waals surface area contributed by atoms with Crippen molar-refractivity contribution in [1.82, 2.24) is 14.9 Å². The van der Waals surface area contributed by atoms with Gasteiger partial charge in [-0.05, 0) is 62.3 Å². The van der Waals surface area contributed by atoms with Gasteiger partial charge in [0.1, 0.15) is 0 Å². The van der Waals surface area contributed by atoms with Crippen LogP contribution >= 0.6 is 0 Å². The molecule has 2 aromatic rings. The van der Waals surface area contributed by atoms with Crippen molar-refractivity contribution < 1.29 is 9.90 Å². The Hall–Kier alpha value is -2.47. The van der Waals surface area contributed by atoms with Crippen molar-refractivity contribution >= 4 is 11.9 Å². The van der Waals surface area contributed by atoms with Gasteiger partial charge in [-0.25, -0.2) is 14.8 Å². The van der Waals surface area contributed by atoms with Crippen LogP contribution in [0.1, 0.15) is 59.5 Å². The van der Waals surface area contributed by atoms with Gasteiger partial charge < -0.3 is 10.0 Å². The number of carboxylic acid groups (broad SMARTS) is 1. The number of hydrogen-bond acceptors (Lipinski definition) is 5. The number of likely N-dealkylation sites (tertiary alicyclic amines) is 1. The molecule has 0 radical (unpaired) electrons. The topological polar surface area (TPSA) is 69.6 Å². The maximum Gasteiger partial charge on any atom is 0.335 e. The first-order valence-corrected chi connectivity index (χ1v) is 10.3. The first-order chi connectivity index (χ1) is 13.7. The number of carboxylic acids is 1. The monoisotopic (exact) mass is 380 g/mol. The molecule has 0 bridgehead atoms. The number of rotatable bonds is 5. The molecule has 0 spiro atoms. The average Bonchev–Trinajstić information content (AvgIpc) is 2.75. The number of carbonyl (C=O) groups is 1. The Kier molecular flexibility index (Phi) is 5.86. The van der Waals surface area contributed by atoms with Crippen LogP contribution in [0.25, 0.3) is 0 Å². The van der Waals surface area contributed by atoms with Crippen molar-refractivity contribution in [3.63, 3.8) is 0 Å². The number of nitrogens with zero attached hydrogens (tertiary/aromatic N) is 4. The molecule has 0 unspecified atom stereocenters. The van der Waals surface area contributed by atoms with E-state index in [9.17, 15) is 4.79 Å². The second-order valence-electron chi connectivity index (χ2n) is 7.94. The zero-order valence-corrected chi connectivity index (χ0v) is 16.3. The third-order valence-electron chi connectivity index (χ3n) is 5.87. The summed E-state index contributed by atoms with van der Waals surface area (Å²) in [5.41, 5.74) is 2.73. The van der Waals surface area contributed by atoms with Crippen LogP contribution < -0.4 is 4.90 Å². The van der Waals surface area contributed by atoms with Gasteiger partial charge in [0.05, 0.1) is 5.56 Å². The highest BCUT2D eigenvalue weighted by atomic mass is 16.4. The smallest absolute Gasteiger partial charge is 0.335 e.